The first kappa shape index (κ1) is 21.2. The highest BCUT2D eigenvalue weighted by Crippen LogP contribution is 2.38. The zero-order valence-electron chi connectivity index (χ0n) is 17.4. The molecule has 10 nitrogen and oxygen atoms in total. The molecule has 1 aromatic carbocycles. The van der Waals surface area contributed by atoms with Crippen molar-refractivity contribution in [1.82, 2.24) is 15.3 Å². The summed E-state index contributed by atoms with van der Waals surface area (Å²) in [6.07, 6.45) is 3.53. The number of nitrogens with zero attached hydrogens (tertiary/aromatic N) is 3. The number of methoxy groups -OCH3 is 1. The van der Waals surface area contributed by atoms with Gasteiger partial charge in [0.15, 0.2) is 5.76 Å². The normalized spacial score (nSPS) is 13.6. The number of nitrogens with one attached hydrogen (secondary N) is 1. The number of hydrogen-bond acceptors (Lipinski definition) is 8. The van der Waals surface area contributed by atoms with E-state index in [-0.39, 0.29) is 18.4 Å². The molecule has 0 aliphatic heterocycles. The number of rotatable bonds is 9. The minimum absolute atomic E-state index is 0.151. The van der Waals surface area contributed by atoms with Gasteiger partial charge in [-0.2, -0.15) is 0 Å². The van der Waals surface area contributed by atoms with Gasteiger partial charge < -0.3 is 30.1 Å². The molecule has 1 aliphatic rings. The summed E-state index contributed by atoms with van der Waals surface area (Å²) in [5.41, 5.74) is 7.56. The molecule has 166 valence electrons. The van der Waals surface area contributed by atoms with Crippen molar-refractivity contribution in [1.29, 1.82) is 0 Å². The Balaban J connectivity index is 1.62. The summed E-state index contributed by atoms with van der Waals surface area (Å²) in [4.78, 5) is 19.6. The number of hydrogen-bond donors (Lipinski definition) is 3. The topological polar surface area (TPSA) is 145 Å². The zero-order chi connectivity index (χ0) is 22.5. The van der Waals surface area contributed by atoms with E-state index in [0.29, 0.717) is 35.3 Å². The predicted octanol–water partition coefficient (Wildman–Crippen LogP) is 3.05. The van der Waals surface area contributed by atoms with Crippen LogP contribution in [0.5, 0.6) is 11.6 Å². The van der Waals surface area contributed by atoms with Crippen molar-refractivity contribution >= 4 is 11.7 Å². The lowest BCUT2D eigenvalue weighted by Crippen LogP contribution is -2.32. The summed E-state index contributed by atoms with van der Waals surface area (Å²) in [5.74, 6) is 2.08. The Morgan fingerprint density at radius 3 is 2.59 bits per heavy atom. The number of nitrogens with two attached hydrogens (primary N) is 1. The van der Waals surface area contributed by atoms with E-state index in [2.05, 4.69) is 20.4 Å². The van der Waals surface area contributed by atoms with Crippen LogP contribution in [0.4, 0.5) is 4.79 Å². The predicted molar refractivity (Wildman–Crippen MR) is 116 cm³/mol. The molecule has 10 heteroatoms. The number of amides is 2. The summed E-state index contributed by atoms with van der Waals surface area (Å²) in [5, 5.41) is 15.4. The molecule has 1 aliphatic carbocycles. The van der Waals surface area contributed by atoms with E-state index in [0.717, 1.165) is 24.0 Å². The summed E-state index contributed by atoms with van der Waals surface area (Å²) < 4.78 is 16.8. The van der Waals surface area contributed by atoms with Gasteiger partial charge in [-0.15, -0.1) is 0 Å². The molecule has 3 aromatic rings. The molecular formula is C22H23N5O5. The number of carbonyl (C=O) groups is 1. The molecule has 0 saturated heterocycles. The summed E-state index contributed by atoms with van der Waals surface area (Å²) in [6, 6.07) is 10.3. The van der Waals surface area contributed by atoms with Crippen LogP contribution in [0.1, 0.15) is 18.7 Å². The first-order chi connectivity index (χ1) is 15.6. The molecular weight excluding hydrogens is 414 g/mol. The van der Waals surface area contributed by atoms with Gasteiger partial charge in [-0.05, 0) is 43.2 Å². The maximum Gasteiger partial charge on any atom is 0.312 e. The molecule has 32 heavy (non-hydrogen) atoms. The molecule has 2 aromatic heterocycles. The van der Waals surface area contributed by atoms with Gasteiger partial charge in [0.2, 0.25) is 11.8 Å². The molecule has 0 bridgehead atoms. The van der Waals surface area contributed by atoms with Gasteiger partial charge in [0.1, 0.15) is 23.8 Å². The van der Waals surface area contributed by atoms with Crippen LogP contribution in [0.15, 0.2) is 52.2 Å². The number of pyridine rings is 1. The van der Waals surface area contributed by atoms with Crippen LogP contribution in [-0.4, -0.2) is 47.2 Å². The van der Waals surface area contributed by atoms with Crippen LogP contribution < -0.4 is 20.5 Å². The number of oxime groups is 1. The van der Waals surface area contributed by atoms with Crippen LogP contribution >= 0.6 is 0 Å². The lowest BCUT2D eigenvalue weighted by Gasteiger charge is -2.07. The number of urea groups is 1. The van der Waals surface area contributed by atoms with E-state index in [1.807, 2.05) is 18.2 Å². The second kappa shape index (κ2) is 9.38. The van der Waals surface area contributed by atoms with Crippen LogP contribution in [0.3, 0.4) is 0 Å². The Morgan fingerprint density at radius 2 is 2.00 bits per heavy atom. The van der Waals surface area contributed by atoms with Crippen LogP contribution in [-0.2, 0) is 0 Å². The van der Waals surface area contributed by atoms with Crippen LogP contribution in [0, 0.1) is 5.92 Å². The standard InChI is InChI=1S/C22H23N5O5/c1-30-17-9-6-15(12-25-17)18-20(32-21(26-18)19(27-29)13-2-3-13)14-4-7-16(8-5-14)31-11-10-24-22(23)28/h4-9,12-13,29H,2-3,10-11H2,1H3,(H3,23,24,28). The van der Waals surface area contributed by atoms with Gasteiger partial charge in [-0.3, -0.25) is 0 Å². The third-order valence-electron chi connectivity index (χ3n) is 4.92. The van der Waals surface area contributed by atoms with Gasteiger partial charge in [-0.25, -0.2) is 14.8 Å². The monoisotopic (exact) mass is 437 g/mol. The average Bonchev–Trinajstić information content (AvgIpc) is 3.55. The minimum atomic E-state index is -0.595. The number of primary amides is 1. The van der Waals surface area contributed by atoms with E-state index in [1.54, 1.807) is 31.5 Å². The molecule has 0 spiro atoms. The van der Waals surface area contributed by atoms with Crippen molar-refractivity contribution < 1.29 is 23.9 Å². The third-order valence-corrected chi connectivity index (χ3v) is 4.92. The van der Waals surface area contributed by atoms with E-state index in [9.17, 15) is 10.0 Å². The fraction of sp³-hybridized carbons (Fsp3) is 0.273. The maximum atomic E-state index is 10.7. The molecule has 2 amide bonds. The van der Waals surface area contributed by atoms with Gasteiger partial charge >= 0.3 is 6.03 Å². The lowest BCUT2D eigenvalue weighted by atomic mass is 10.1. The average molecular weight is 437 g/mol. The Labute approximate surface area is 184 Å². The van der Waals surface area contributed by atoms with Gasteiger partial charge in [-0.1, -0.05) is 5.16 Å². The number of ether oxygens (including phenoxy) is 2. The maximum absolute atomic E-state index is 10.7. The fourth-order valence-electron chi connectivity index (χ4n) is 3.16. The van der Waals surface area contributed by atoms with Crippen molar-refractivity contribution in [3.8, 4) is 34.2 Å². The van der Waals surface area contributed by atoms with Crippen molar-refractivity contribution in [2.24, 2.45) is 16.8 Å². The minimum Gasteiger partial charge on any atom is -0.492 e. The first-order valence-corrected chi connectivity index (χ1v) is 10.1. The Hall–Kier alpha value is -4.08. The second-order valence-electron chi connectivity index (χ2n) is 7.21. The molecule has 1 fully saturated rings. The molecule has 2 heterocycles. The molecule has 4 rings (SSSR count). The summed E-state index contributed by atoms with van der Waals surface area (Å²) >= 11 is 0. The quantitative estimate of drug-likeness (QED) is 0.202. The van der Waals surface area contributed by atoms with E-state index in [1.165, 1.54) is 0 Å². The molecule has 0 atom stereocenters. The highest BCUT2D eigenvalue weighted by atomic mass is 16.5. The van der Waals surface area contributed by atoms with Crippen molar-refractivity contribution in [2.75, 3.05) is 20.3 Å². The molecule has 0 radical (unpaired) electrons. The SMILES string of the molecule is COc1ccc(-c2nc(C(=NO)C3CC3)oc2-c2ccc(OCCNC(N)=O)cc2)cn1. The largest absolute Gasteiger partial charge is 0.492 e. The van der Waals surface area contributed by atoms with Crippen molar-refractivity contribution in [2.45, 2.75) is 12.8 Å². The van der Waals surface area contributed by atoms with E-state index in [4.69, 9.17) is 19.6 Å². The highest BCUT2D eigenvalue weighted by Gasteiger charge is 2.33. The van der Waals surface area contributed by atoms with E-state index < -0.39 is 6.03 Å². The van der Waals surface area contributed by atoms with Crippen LogP contribution in [0.2, 0.25) is 0 Å². The number of aromatic nitrogens is 2. The zero-order valence-corrected chi connectivity index (χ0v) is 17.4. The smallest absolute Gasteiger partial charge is 0.312 e. The Kier molecular flexibility index (Phi) is 6.20. The number of benzene rings is 1. The Morgan fingerprint density at radius 1 is 1.25 bits per heavy atom. The van der Waals surface area contributed by atoms with Gasteiger partial charge in [0.25, 0.3) is 0 Å². The van der Waals surface area contributed by atoms with E-state index >= 15 is 0 Å². The number of carbonyl (C=O) groups excluding carboxylic acids is 1. The first-order valence-electron chi connectivity index (χ1n) is 10.1. The summed E-state index contributed by atoms with van der Waals surface area (Å²) in [7, 11) is 1.55. The molecule has 1 saturated carbocycles. The Bertz CT molecular complexity index is 1100. The van der Waals surface area contributed by atoms with Gasteiger partial charge in [0, 0.05) is 29.3 Å². The third kappa shape index (κ3) is 4.80. The second-order valence-corrected chi connectivity index (χ2v) is 7.21. The lowest BCUT2D eigenvalue weighted by molar-refractivity contribution is 0.244. The molecule has 0 unspecified atom stereocenters. The summed E-state index contributed by atoms with van der Waals surface area (Å²) in [6.45, 7) is 0.594. The fourth-order valence-corrected chi connectivity index (χ4v) is 3.16. The molecule has 4 N–H and O–H groups in total. The van der Waals surface area contributed by atoms with Gasteiger partial charge in [0.05, 0.1) is 13.7 Å². The van der Waals surface area contributed by atoms with Crippen molar-refractivity contribution in [3.05, 3.63) is 48.5 Å². The highest BCUT2D eigenvalue weighted by molar-refractivity contribution is 6.00. The number of oxazole rings is 1. The van der Waals surface area contributed by atoms with Crippen LogP contribution in [0.25, 0.3) is 22.6 Å². The van der Waals surface area contributed by atoms with Crippen molar-refractivity contribution in [3.63, 3.8) is 0 Å².